The molecule has 1 N–H and O–H groups in total. The van der Waals surface area contributed by atoms with E-state index in [9.17, 15) is 4.79 Å². The molecule has 3 nitrogen and oxygen atoms in total. The summed E-state index contributed by atoms with van der Waals surface area (Å²) in [7, 11) is 1.66. The van der Waals surface area contributed by atoms with Gasteiger partial charge in [-0.05, 0) is 43.0 Å². The van der Waals surface area contributed by atoms with Crippen LogP contribution in [0, 0.1) is 6.92 Å². The van der Waals surface area contributed by atoms with Crippen LogP contribution in [-0.4, -0.2) is 23.4 Å². The van der Waals surface area contributed by atoms with E-state index in [1.165, 1.54) is 11.8 Å². The molecule has 0 aliphatic carbocycles. The molecular formula is C14H20O3S. The third kappa shape index (κ3) is 3.42. The van der Waals surface area contributed by atoms with Crippen LogP contribution in [0.4, 0.5) is 0 Å². The summed E-state index contributed by atoms with van der Waals surface area (Å²) in [4.78, 5) is 11.9. The predicted octanol–water partition coefficient (Wildman–Crippen LogP) is 3.69. The molecular weight excluding hydrogens is 248 g/mol. The largest absolute Gasteiger partial charge is 0.496 e. The van der Waals surface area contributed by atoms with Gasteiger partial charge >= 0.3 is 5.97 Å². The number of hydrogen-bond acceptors (Lipinski definition) is 3. The average molecular weight is 268 g/mol. The van der Waals surface area contributed by atoms with E-state index in [4.69, 9.17) is 9.84 Å². The van der Waals surface area contributed by atoms with Crippen molar-refractivity contribution in [1.29, 1.82) is 0 Å². The molecule has 0 saturated carbocycles. The van der Waals surface area contributed by atoms with E-state index < -0.39 is 11.2 Å². The maximum atomic E-state index is 10.9. The standard InChI is InChI=1S/C14H20O3S/c1-8(2)11-7-13(18-10(4)14(15)16)9(3)6-12(11)17-5/h6-8,10H,1-5H3,(H,15,16). The lowest BCUT2D eigenvalue weighted by Gasteiger charge is -2.16. The van der Waals surface area contributed by atoms with Gasteiger partial charge in [0.15, 0.2) is 0 Å². The number of carbonyl (C=O) groups is 1. The van der Waals surface area contributed by atoms with E-state index in [2.05, 4.69) is 13.8 Å². The molecule has 0 fully saturated rings. The molecule has 0 aliphatic rings. The topological polar surface area (TPSA) is 46.5 Å². The second kappa shape index (κ2) is 6.14. The zero-order valence-electron chi connectivity index (χ0n) is 11.5. The van der Waals surface area contributed by atoms with Crippen molar-refractivity contribution in [2.24, 2.45) is 0 Å². The molecule has 0 radical (unpaired) electrons. The molecule has 4 heteroatoms. The van der Waals surface area contributed by atoms with Crippen molar-refractivity contribution >= 4 is 17.7 Å². The van der Waals surface area contributed by atoms with Crippen LogP contribution in [0.15, 0.2) is 17.0 Å². The van der Waals surface area contributed by atoms with Crippen molar-refractivity contribution < 1.29 is 14.6 Å². The Morgan fingerprint density at radius 1 is 1.33 bits per heavy atom. The fraction of sp³-hybridized carbons (Fsp3) is 0.500. The number of aryl methyl sites for hydroxylation is 1. The highest BCUT2D eigenvalue weighted by Crippen LogP contribution is 2.35. The molecule has 0 aromatic heterocycles. The number of rotatable bonds is 5. The van der Waals surface area contributed by atoms with Crippen molar-refractivity contribution in [3.63, 3.8) is 0 Å². The van der Waals surface area contributed by atoms with Crippen LogP contribution in [0.25, 0.3) is 0 Å². The highest BCUT2D eigenvalue weighted by atomic mass is 32.2. The first-order valence-electron chi connectivity index (χ1n) is 5.94. The van der Waals surface area contributed by atoms with E-state index in [1.807, 2.05) is 19.1 Å². The summed E-state index contributed by atoms with van der Waals surface area (Å²) in [6, 6.07) is 4.02. The van der Waals surface area contributed by atoms with E-state index in [1.54, 1.807) is 14.0 Å². The molecule has 0 aliphatic heterocycles. The average Bonchev–Trinajstić information content (AvgIpc) is 2.30. The maximum absolute atomic E-state index is 10.9. The molecule has 1 rings (SSSR count). The molecule has 100 valence electrons. The summed E-state index contributed by atoms with van der Waals surface area (Å²) in [5.41, 5.74) is 2.16. The lowest BCUT2D eigenvalue weighted by molar-refractivity contribution is -0.136. The van der Waals surface area contributed by atoms with Gasteiger partial charge in [0.05, 0.1) is 7.11 Å². The molecule has 1 unspecified atom stereocenters. The summed E-state index contributed by atoms with van der Waals surface area (Å²) in [5, 5.41) is 8.52. The van der Waals surface area contributed by atoms with Gasteiger partial charge in [-0.1, -0.05) is 13.8 Å². The van der Waals surface area contributed by atoms with E-state index in [0.717, 1.165) is 21.8 Å². The summed E-state index contributed by atoms with van der Waals surface area (Å²) in [6.07, 6.45) is 0. The first-order valence-corrected chi connectivity index (χ1v) is 6.82. The highest BCUT2D eigenvalue weighted by Gasteiger charge is 2.17. The van der Waals surface area contributed by atoms with Crippen molar-refractivity contribution in [2.45, 2.75) is 43.8 Å². The molecule has 1 aromatic carbocycles. The zero-order chi connectivity index (χ0) is 13.9. The number of carboxylic acid groups (broad SMARTS) is 1. The molecule has 1 aromatic rings. The van der Waals surface area contributed by atoms with Crippen molar-refractivity contribution in [1.82, 2.24) is 0 Å². The number of ether oxygens (including phenoxy) is 1. The number of carboxylic acids is 1. The highest BCUT2D eigenvalue weighted by molar-refractivity contribution is 8.00. The number of hydrogen-bond donors (Lipinski definition) is 1. The Hall–Kier alpha value is -1.16. The van der Waals surface area contributed by atoms with E-state index in [0.29, 0.717) is 5.92 Å². The molecule has 18 heavy (non-hydrogen) atoms. The Kier molecular flexibility index (Phi) is 5.08. The second-order valence-corrected chi connectivity index (χ2v) is 6.00. The normalized spacial score (nSPS) is 12.6. The molecule has 0 bridgehead atoms. The van der Waals surface area contributed by atoms with Gasteiger partial charge in [0.2, 0.25) is 0 Å². The van der Waals surface area contributed by atoms with Gasteiger partial charge < -0.3 is 9.84 Å². The Labute approximate surface area is 113 Å². The van der Waals surface area contributed by atoms with Crippen LogP contribution in [0.2, 0.25) is 0 Å². The predicted molar refractivity (Wildman–Crippen MR) is 74.8 cm³/mol. The third-order valence-corrected chi connectivity index (χ3v) is 4.05. The Morgan fingerprint density at radius 2 is 1.94 bits per heavy atom. The van der Waals surface area contributed by atoms with E-state index >= 15 is 0 Å². The smallest absolute Gasteiger partial charge is 0.316 e. The number of methoxy groups -OCH3 is 1. The van der Waals surface area contributed by atoms with Crippen LogP contribution >= 0.6 is 11.8 Å². The molecule has 0 spiro atoms. The van der Waals surface area contributed by atoms with Crippen molar-refractivity contribution in [2.75, 3.05) is 7.11 Å². The van der Waals surface area contributed by atoms with E-state index in [-0.39, 0.29) is 0 Å². The Bertz CT molecular complexity index is 441. The fourth-order valence-corrected chi connectivity index (χ4v) is 2.59. The molecule has 1 atom stereocenters. The third-order valence-electron chi connectivity index (χ3n) is 2.80. The minimum Gasteiger partial charge on any atom is -0.496 e. The van der Waals surface area contributed by atoms with Gasteiger partial charge in [0.1, 0.15) is 11.0 Å². The van der Waals surface area contributed by atoms with Crippen LogP contribution in [0.3, 0.4) is 0 Å². The lowest BCUT2D eigenvalue weighted by Crippen LogP contribution is -2.11. The maximum Gasteiger partial charge on any atom is 0.316 e. The lowest BCUT2D eigenvalue weighted by atomic mass is 10.0. The van der Waals surface area contributed by atoms with Gasteiger partial charge in [-0.15, -0.1) is 11.8 Å². The summed E-state index contributed by atoms with van der Waals surface area (Å²) >= 11 is 1.37. The first kappa shape index (κ1) is 14.9. The van der Waals surface area contributed by atoms with Gasteiger partial charge in [0.25, 0.3) is 0 Å². The van der Waals surface area contributed by atoms with Crippen LogP contribution in [-0.2, 0) is 4.79 Å². The monoisotopic (exact) mass is 268 g/mol. The first-order chi connectivity index (χ1) is 8.36. The van der Waals surface area contributed by atoms with Gasteiger partial charge in [0, 0.05) is 4.90 Å². The van der Waals surface area contributed by atoms with Crippen molar-refractivity contribution in [3.05, 3.63) is 23.3 Å². The Morgan fingerprint density at radius 3 is 2.39 bits per heavy atom. The zero-order valence-corrected chi connectivity index (χ0v) is 12.3. The van der Waals surface area contributed by atoms with Crippen LogP contribution in [0.1, 0.15) is 37.8 Å². The number of benzene rings is 1. The quantitative estimate of drug-likeness (QED) is 0.827. The number of aliphatic carboxylic acids is 1. The van der Waals surface area contributed by atoms with Crippen molar-refractivity contribution in [3.8, 4) is 5.75 Å². The molecule has 0 heterocycles. The minimum atomic E-state index is -0.790. The summed E-state index contributed by atoms with van der Waals surface area (Å²) in [5.74, 6) is 0.427. The molecule has 0 saturated heterocycles. The van der Waals surface area contributed by atoms with Gasteiger partial charge in [-0.3, -0.25) is 4.79 Å². The molecule has 0 amide bonds. The second-order valence-electron chi connectivity index (χ2n) is 4.61. The van der Waals surface area contributed by atoms with Crippen LogP contribution in [0.5, 0.6) is 5.75 Å². The van der Waals surface area contributed by atoms with Gasteiger partial charge in [-0.25, -0.2) is 0 Å². The SMILES string of the molecule is COc1cc(C)c(SC(C)C(=O)O)cc1C(C)C. The van der Waals surface area contributed by atoms with Gasteiger partial charge in [-0.2, -0.15) is 0 Å². The number of thioether (sulfide) groups is 1. The summed E-state index contributed by atoms with van der Waals surface area (Å²) < 4.78 is 5.37. The fourth-order valence-electron chi connectivity index (χ4n) is 1.67. The summed E-state index contributed by atoms with van der Waals surface area (Å²) in [6.45, 7) is 7.87. The minimum absolute atomic E-state index is 0.347. The van der Waals surface area contributed by atoms with Crippen LogP contribution < -0.4 is 4.74 Å². The Balaban J connectivity index is 3.13.